The molecule has 2 heterocycles. The van der Waals surface area contributed by atoms with E-state index < -0.39 is 4.84 Å². The summed E-state index contributed by atoms with van der Waals surface area (Å²) in [5, 5.41) is 0. The van der Waals surface area contributed by atoms with Gasteiger partial charge in [0.15, 0.2) is 16.3 Å². The van der Waals surface area contributed by atoms with Gasteiger partial charge < -0.3 is 14.4 Å². The Balaban J connectivity index is 1.78. The van der Waals surface area contributed by atoms with Gasteiger partial charge in [-0.25, -0.2) is 0 Å². The molecule has 0 saturated heterocycles. The van der Waals surface area contributed by atoms with Crippen molar-refractivity contribution in [2.75, 3.05) is 6.79 Å². The number of hydrogen-bond acceptors (Lipinski definition) is 3. The number of fused-ring (bicyclic) bond motifs is 4. The molecule has 0 bridgehead atoms. The predicted octanol–water partition coefficient (Wildman–Crippen LogP) is 3.36. The standard InChI is InChI=1S/C16H15Cl2NO3/c17-15(18)16(20)19-7-9-5-13-14(22-8-21-13)6-11(9)10-3-1-2-4-12(10)19/h1-2,5-6,10,12,15H,3-4,7-8H2/t10-,12+/m1/s1. The van der Waals surface area contributed by atoms with Crippen molar-refractivity contribution in [3.05, 3.63) is 35.4 Å². The third-order valence-corrected chi connectivity index (χ3v) is 5.02. The van der Waals surface area contributed by atoms with Gasteiger partial charge in [-0.15, -0.1) is 0 Å². The van der Waals surface area contributed by atoms with Gasteiger partial charge in [-0.1, -0.05) is 35.4 Å². The summed E-state index contributed by atoms with van der Waals surface area (Å²) in [5.41, 5.74) is 2.33. The van der Waals surface area contributed by atoms with Crippen LogP contribution in [0.2, 0.25) is 0 Å². The molecule has 22 heavy (non-hydrogen) atoms. The number of hydrogen-bond donors (Lipinski definition) is 0. The summed E-state index contributed by atoms with van der Waals surface area (Å²) in [5.74, 6) is 1.56. The van der Waals surface area contributed by atoms with Crippen molar-refractivity contribution in [3.8, 4) is 11.5 Å². The summed E-state index contributed by atoms with van der Waals surface area (Å²) in [6, 6.07) is 4.14. The van der Waals surface area contributed by atoms with Crippen LogP contribution in [-0.4, -0.2) is 28.5 Å². The Hall–Kier alpha value is -1.39. The fourth-order valence-corrected chi connectivity index (χ4v) is 3.88. The summed E-state index contributed by atoms with van der Waals surface area (Å²) in [7, 11) is 0. The Bertz CT molecular complexity index is 659. The number of alkyl halides is 2. The molecule has 3 aliphatic rings. The van der Waals surface area contributed by atoms with Gasteiger partial charge in [0, 0.05) is 18.5 Å². The summed E-state index contributed by atoms with van der Waals surface area (Å²) in [6.45, 7) is 0.760. The van der Waals surface area contributed by atoms with Gasteiger partial charge in [-0.05, 0) is 36.1 Å². The molecule has 6 heteroatoms. The third kappa shape index (κ3) is 2.17. The lowest BCUT2D eigenvalue weighted by Gasteiger charge is -2.43. The molecule has 0 N–H and O–H groups in total. The lowest BCUT2D eigenvalue weighted by Crippen LogP contribution is -2.49. The molecule has 0 radical (unpaired) electrons. The molecule has 0 unspecified atom stereocenters. The molecule has 0 aromatic heterocycles. The second-order valence-corrected chi connectivity index (χ2v) is 6.88. The first-order valence-electron chi connectivity index (χ1n) is 7.31. The Morgan fingerprint density at radius 3 is 2.68 bits per heavy atom. The van der Waals surface area contributed by atoms with Crippen molar-refractivity contribution < 1.29 is 14.3 Å². The molecule has 1 aromatic carbocycles. The van der Waals surface area contributed by atoms with Crippen molar-refractivity contribution in [1.29, 1.82) is 0 Å². The maximum Gasteiger partial charge on any atom is 0.256 e. The average molecular weight is 340 g/mol. The molecular formula is C16H15Cl2NO3. The zero-order chi connectivity index (χ0) is 15.3. The third-order valence-electron chi connectivity index (χ3n) is 4.64. The number of amides is 1. The van der Waals surface area contributed by atoms with Crippen LogP contribution >= 0.6 is 23.2 Å². The molecule has 0 spiro atoms. The van der Waals surface area contributed by atoms with E-state index in [0.717, 1.165) is 29.9 Å². The van der Waals surface area contributed by atoms with Gasteiger partial charge in [-0.3, -0.25) is 4.79 Å². The summed E-state index contributed by atoms with van der Waals surface area (Å²) < 4.78 is 10.9. The van der Waals surface area contributed by atoms with E-state index in [9.17, 15) is 4.79 Å². The molecule has 1 aromatic rings. The second-order valence-electron chi connectivity index (χ2n) is 5.79. The van der Waals surface area contributed by atoms with E-state index in [1.54, 1.807) is 0 Å². The first-order valence-corrected chi connectivity index (χ1v) is 8.18. The molecule has 2 atom stereocenters. The number of allylic oxidation sites excluding steroid dienone is 1. The average Bonchev–Trinajstić information content (AvgIpc) is 2.98. The van der Waals surface area contributed by atoms with E-state index in [1.165, 1.54) is 5.56 Å². The molecule has 0 saturated carbocycles. The smallest absolute Gasteiger partial charge is 0.256 e. The number of halogens is 2. The van der Waals surface area contributed by atoms with E-state index in [4.69, 9.17) is 32.7 Å². The predicted molar refractivity (Wildman–Crippen MR) is 83.5 cm³/mol. The minimum absolute atomic E-state index is 0.102. The second kappa shape index (κ2) is 5.36. The van der Waals surface area contributed by atoms with Crippen LogP contribution in [0.3, 0.4) is 0 Å². The van der Waals surface area contributed by atoms with Gasteiger partial charge in [0.25, 0.3) is 5.91 Å². The lowest BCUT2D eigenvalue weighted by atomic mass is 9.77. The quantitative estimate of drug-likeness (QED) is 0.581. The van der Waals surface area contributed by atoms with Crippen molar-refractivity contribution in [2.24, 2.45) is 0 Å². The topological polar surface area (TPSA) is 38.8 Å². The number of benzene rings is 1. The highest BCUT2D eigenvalue weighted by molar-refractivity contribution is 6.53. The van der Waals surface area contributed by atoms with Crippen LogP contribution < -0.4 is 9.47 Å². The van der Waals surface area contributed by atoms with E-state index in [2.05, 4.69) is 18.2 Å². The molecule has 0 fully saturated rings. The largest absolute Gasteiger partial charge is 0.454 e. The molecule has 4 nitrogen and oxygen atoms in total. The zero-order valence-corrected chi connectivity index (χ0v) is 13.3. The maximum absolute atomic E-state index is 12.4. The summed E-state index contributed by atoms with van der Waals surface area (Å²) in [4.78, 5) is 13.2. The molecule has 4 rings (SSSR count). The molecule has 1 amide bonds. The molecule has 1 aliphatic carbocycles. The minimum atomic E-state index is -1.03. The lowest BCUT2D eigenvalue weighted by molar-refractivity contribution is -0.133. The van der Waals surface area contributed by atoms with Gasteiger partial charge in [0.2, 0.25) is 6.79 Å². The number of ether oxygens (including phenoxy) is 2. The van der Waals surface area contributed by atoms with Crippen molar-refractivity contribution in [2.45, 2.75) is 36.2 Å². The van der Waals surface area contributed by atoms with Gasteiger partial charge in [-0.2, -0.15) is 0 Å². The SMILES string of the molecule is O=C(C(Cl)Cl)N1Cc2cc3c(cc2[C@H]2CC=CC[C@@H]21)OCO3. The van der Waals surface area contributed by atoms with Crippen LogP contribution in [0.25, 0.3) is 0 Å². The maximum atomic E-state index is 12.4. The van der Waals surface area contributed by atoms with Gasteiger partial charge in [0.1, 0.15) is 0 Å². The van der Waals surface area contributed by atoms with Crippen molar-refractivity contribution in [1.82, 2.24) is 4.90 Å². The molecular weight excluding hydrogens is 325 g/mol. The van der Waals surface area contributed by atoms with E-state index in [1.807, 2.05) is 11.0 Å². The summed E-state index contributed by atoms with van der Waals surface area (Å²) in [6.07, 6.45) is 6.01. The number of carbonyl (C=O) groups excluding carboxylic acids is 1. The van der Waals surface area contributed by atoms with Crippen LogP contribution in [0.15, 0.2) is 24.3 Å². The number of carbonyl (C=O) groups is 1. The van der Waals surface area contributed by atoms with Crippen molar-refractivity contribution in [3.63, 3.8) is 0 Å². The van der Waals surface area contributed by atoms with Gasteiger partial charge >= 0.3 is 0 Å². The van der Waals surface area contributed by atoms with Crippen LogP contribution in [0.1, 0.15) is 29.9 Å². The Morgan fingerprint density at radius 2 is 1.91 bits per heavy atom. The van der Waals surface area contributed by atoms with Crippen LogP contribution in [0.5, 0.6) is 11.5 Å². The Kier molecular flexibility index (Phi) is 3.46. The van der Waals surface area contributed by atoms with Crippen molar-refractivity contribution >= 4 is 29.1 Å². The van der Waals surface area contributed by atoms with E-state index >= 15 is 0 Å². The number of nitrogens with zero attached hydrogens (tertiary/aromatic N) is 1. The minimum Gasteiger partial charge on any atom is -0.454 e. The zero-order valence-electron chi connectivity index (χ0n) is 11.8. The fourth-order valence-electron chi connectivity index (χ4n) is 3.63. The van der Waals surface area contributed by atoms with Gasteiger partial charge in [0.05, 0.1) is 0 Å². The van der Waals surface area contributed by atoms with Crippen LogP contribution in [-0.2, 0) is 11.3 Å². The fraction of sp³-hybridized carbons (Fsp3) is 0.438. The first-order chi connectivity index (χ1) is 10.6. The normalized spacial score (nSPS) is 25.1. The first kappa shape index (κ1) is 14.2. The van der Waals surface area contributed by atoms with Crippen LogP contribution in [0, 0.1) is 0 Å². The number of rotatable bonds is 1. The highest BCUT2D eigenvalue weighted by Gasteiger charge is 2.40. The Labute approximate surface area is 138 Å². The highest BCUT2D eigenvalue weighted by atomic mass is 35.5. The Morgan fingerprint density at radius 1 is 1.18 bits per heavy atom. The monoisotopic (exact) mass is 339 g/mol. The molecule has 116 valence electrons. The summed E-state index contributed by atoms with van der Waals surface area (Å²) >= 11 is 11.7. The molecule has 2 aliphatic heterocycles. The van der Waals surface area contributed by atoms with E-state index in [-0.39, 0.29) is 24.7 Å². The highest BCUT2D eigenvalue weighted by Crippen LogP contribution is 2.45. The van der Waals surface area contributed by atoms with E-state index in [0.29, 0.717) is 6.54 Å². The van der Waals surface area contributed by atoms with Crippen LogP contribution in [0.4, 0.5) is 0 Å².